The molecule has 0 saturated carbocycles. The van der Waals surface area contributed by atoms with Crippen LogP contribution in [-0.4, -0.2) is 23.8 Å². The molecule has 6 heteroatoms. The first-order valence-corrected chi connectivity index (χ1v) is 5.55. The Balaban J connectivity index is 2.43. The van der Waals surface area contributed by atoms with Gasteiger partial charge in [0.05, 0.1) is 10.5 Å². The van der Waals surface area contributed by atoms with Gasteiger partial charge in [-0.05, 0) is 28.7 Å². The van der Waals surface area contributed by atoms with Gasteiger partial charge in [-0.15, -0.1) is 0 Å². The molecule has 1 aromatic rings. The molecule has 0 saturated heterocycles. The van der Waals surface area contributed by atoms with E-state index in [0.717, 1.165) is 28.1 Å². The van der Waals surface area contributed by atoms with E-state index in [1.165, 1.54) is 0 Å². The molecule has 1 heterocycles. The van der Waals surface area contributed by atoms with Crippen molar-refractivity contribution in [3.05, 3.63) is 37.4 Å². The van der Waals surface area contributed by atoms with E-state index in [2.05, 4.69) is 32.9 Å². The fraction of sp³-hybridized carbons (Fsp3) is 0.222. The maximum Gasteiger partial charge on any atom is 0.275 e. The van der Waals surface area contributed by atoms with E-state index >= 15 is 0 Å². The van der Waals surface area contributed by atoms with Crippen LogP contribution in [0.15, 0.2) is 18.2 Å². The first kappa shape index (κ1) is 10.3. The molecular formula is C9H9IN3O2+. The predicted molar refractivity (Wildman–Crippen MR) is 63.8 cm³/mol. The second kappa shape index (κ2) is 4.13. The number of benzene rings is 1. The maximum absolute atomic E-state index is 10.7. The molecule has 78 valence electrons. The van der Waals surface area contributed by atoms with Crippen LogP contribution in [0.4, 0.5) is 5.69 Å². The van der Waals surface area contributed by atoms with Crippen molar-refractivity contribution in [2.75, 3.05) is 13.1 Å². The van der Waals surface area contributed by atoms with Crippen LogP contribution in [0.1, 0.15) is 5.56 Å². The van der Waals surface area contributed by atoms with Crippen molar-refractivity contribution in [3.63, 3.8) is 0 Å². The van der Waals surface area contributed by atoms with Crippen molar-refractivity contribution in [1.29, 1.82) is 0 Å². The van der Waals surface area contributed by atoms with Crippen molar-refractivity contribution in [2.24, 2.45) is 0 Å². The third-order valence-electron chi connectivity index (χ3n) is 2.11. The number of hydrogen-bond acceptors (Lipinski definition) is 3. The Morgan fingerprint density at radius 2 is 2.27 bits per heavy atom. The molecule has 0 radical (unpaired) electrons. The number of nitrogens with zero attached hydrogens (tertiary/aromatic N) is 1. The average Bonchev–Trinajstić information content (AvgIpc) is 2.69. The summed E-state index contributed by atoms with van der Waals surface area (Å²) >= 11 is 2.08. The molecule has 0 bridgehead atoms. The van der Waals surface area contributed by atoms with Crippen molar-refractivity contribution in [3.8, 4) is 0 Å². The van der Waals surface area contributed by atoms with Gasteiger partial charge in [0.25, 0.3) is 11.5 Å². The molecule has 0 unspecified atom stereocenters. The van der Waals surface area contributed by atoms with Gasteiger partial charge in [0.1, 0.15) is 13.1 Å². The van der Waals surface area contributed by atoms with Crippen LogP contribution in [0, 0.1) is 13.7 Å². The van der Waals surface area contributed by atoms with Crippen molar-refractivity contribution < 1.29 is 9.92 Å². The van der Waals surface area contributed by atoms with Gasteiger partial charge in [0.15, 0.2) is 0 Å². The lowest BCUT2D eigenvalue weighted by atomic mass is 10.2. The summed E-state index contributed by atoms with van der Waals surface area (Å²) in [7, 11) is 0. The van der Waals surface area contributed by atoms with E-state index in [1.54, 1.807) is 12.1 Å². The van der Waals surface area contributed by atoms with Gasteiger partial charge in [-0.25, -0.2) is 0 Å². The lowest BCUT2D eigenvalue weighted by molar-refractivity contribution is -0.444. The first-order valence-electron chi connectivity index (χ1n) is 4.47. The molecule has 2 rings (SSSR count). The highest BCUT2D eigenvalue weighted by Gasteiger charge is 2.18. The lowest BCUT2D eigenvalue weighted by Crippen LogP contribution is -2.70. The molecule has 0 fully saturated rings. The topological polar surface area (TPSA) is 69.1 Å². The van der Waals surface area contributed by atoms with E-state index in [9.17, 15) is 10.1 Å². The number of non-ortho nitro benzene ring substituents is 1. The normalized spacial score (nSPS) is 14.6. The third-order valence-corrected chi connectivity index (χ3v) is 2.73. The Hall–Kier alpha value is -1.18. The molecule has 15 heavy (non-hydrogen) atoms. The van der Waals surface area contributed by atoms with Gasteiger partial charge >= 0.3 is 0 Å². The van der Waals surface area contributed by atoms with Gasteiger partial charge in [-0.2, -0.15) is 0 Å². The zero-order chi connectivity index (χ0) is 10.8. The highest BCUT2D eigenvalue weighted by Crippen LogP contribution is 2.18. The summed E-state index contributed by atoms with van der Waals surface area (Å²) in [4.78, 5) is 13.4. The number of rotatable bonds is 2. The summed E-state index contributed by atoms with van der Waals surface area (Å²) in [5.41, 5.74) is 0.964. The molecule has 1 aromatic carbocycles. The molecule has 5 nitrogen and oxygen atoms in total. The SMILES string of the molecule is O=[N+]([O-])c1cc(I)cc(C2=[NH+]CCN2)c1. The highest BCUT2D eigenvalue weighted by molar-refractivity contribution is 14.1. The molecule has 0 amide bonds. The second-order valence-electron chi connectivity index (χ2n) is 3.18. The number of amidine groups is 1. The Kier molecular flexibility index (Phi) is 2.85. The number of nitro groups is 1. The minimum Gasteiger partial charge on any atom is -0.270 e. The summed E-state index contributed by atoms with van der Waals surface area (Å²) in [6.45, 7) is 1.71. The molecule has 0 spiro atoms. The van der Waals surface area contributed by atoms with E-state index in [0.29, 0.717) is 0 Å². The molecule has 0 atom stereocenters. The van der Waals surface area contributed by atoms with Crippen molar-refractivity contribution in [2.45, 2.75) is 0 Å². The lowest BCUT2D eigenvalue weighted by Gasteiger charge is -1.98. The Morgan fingerprint density at radius 3 is 2.87 bits per heavy atom. The van der Waals surface area contributed by atoms with Crippen LogP contribution in [0.25, 0.3) is 0 Å². The van der Waals surface area contributed by atoms with Crippen LogP contribution in [-0.2, 0) is 0 Å². The zero-order valence-electron chi connectivity index (χ0n) is 7.79. The minimum atomic E-state index is -0.374. The Labute approximate surface area is 99.9 Å². The molecule has 1 aliphatic rings. The van der Waals surface area contributed by atoms with Gasteiger partial charge in [-0.1, -0.05) is 0 Å². The number of hydrogen-bond donors (Lipinski definition) is 2. The minimum absolute atomic E-state index is 0.125. The molecule has 2 N–H and O–H groups in total. The molecule has 1 aliphatic heterocycles. The quantitative estimate of drug-likeness (QED) is 0.444. The van der Waals surface area contributed by atoms with Crippen LogP contribution in [0.5, 0.6) is 0 Å². The van der Waals surface area contributed by atoms with Gasteiger partial charge < -0.3 is 0 Å². The Morgan fingerprint density at radius 1 is 1.47 bits per heavy atom. The molecule has 0 aromatic heterocycles. The summed E-state index contributed by atoms with van der Waals surface area (Å²) in [6.07, 6.45) is 0. The predicted octanol–water partition coefficient (Wildman–Crippen LogP) is -0.370. The van der Waals surface area contributed by atoms with Gasteiger partial charge in [0, 0.05) is 15.7 Å². The van der Waals surface area contributed by atoms with Gasteiger partial charge in [0.2, 0.25) is 0 Å². The van der Waals surface area contributed by atoms with E-state index in [4.69, 9.17) is 0 Å². The van der Waals surface area contributed by atoms with Crippen LogP contribution < -0.4 is 10.3 Å². The maximum atomic E-state index is 10.7. The van der Waals surface area contributed by atoms with Crippen LogP contribution >= 0.6 is 22.6 Å². The molecule has 0 aliphatic carbocycles. The first-order chi connectivity index (χ1) is 7.16. The Bertz CT molecular complexity index is 445. The smallest absolute Gasteiger partial charge is 0.270 e. The summed E-state index contributed by atoms with van der Waals surface area (Å²) in [5.74, 6) is 0.872. The second-order valence-corrected chi connectivity index (χ2v) is 4.43. The monoisotopic (exact) mass is 318 g/mol. The number of nitro benzene ring substituents is 1. The molecular weight excluding hydrogens is 309 g/mol. The average molecular weight is 318 g/mol. The van der Waals surface area contributed by atoms with E-state index in [1.807, 2.05) is 6.07 Å². The van der Waals surface area contributed by atoms with Gasteiger partial charge in [-0.3, -0.25) is 20.4 Å². The summed E-state index contributed by atoms with van der Waals surface area (Å²) in [5, 5.41) is 13.8. The number of halogens is 1. The fourth-order valence-electron chi connectivity index (χ4n) is 1.47. The highest BCUT2D eigenvalue weighted by atomic mass is 127. The number of nitrogens with one attached hydrogen (secondary N) is 2. The van der Waals surface area contributed by atoms with Crippen LogP contribution in [0.3, 0.4) is 0 Å². The van der Waals surface area contributed by atoms with E-state index in [-0.39, 0.29) is 10.6 Å². The largest absolute Gasteiger partial charge is 0.275 e. The standard InChI is InChI=1S/C9H8IN3O2/c10-7-3-6(9-11-1-2-12-9)4-8(5-7)13(14)15/h3-5H,1-2H2,(H,11,12)/p+1. The summed E-state index contributed by atoms with van der Waals surface area (Å²) < 4.78 is 0.861. The summed E-state index contributed by atoms with van der Waals surface area (Å²) in [6, 6.07) is 5.04. The van der Waals surface area contributed by atoms with Crippen LogP contribution in [0.2, 0.25) is 0 Å². The zero-order valence-corrected chi connectivity index (χ0v) is 9.95. The van der Waals surface area contributed by atoms with Crippen molar-refractivity contribution in [1.82, 2.24) is 5.32 Å². The fourth-order valence-corrected chi connectivity index (χ4v) is 2.12. The third kappa shape index (κ3) is 2.25. The van der Waals surface area contributed by atoms with Crippen molar-refractivity contribution >= 4 is 34.1 Å². The van der Waals surface area contributed by atoms with E-state index < -0.39 is 0 Å².